The molecule has 2 aromatic rings. The number of H-pyrrole nitrogens is 1. The summed E-state index contributed by atoms with van der Waals surface area (Å²) in [7, 11) is 0. The molecule has 0 radical (unpaired) electrons. The van der Waals surface area contributed by atoms with E-state index in [9.17, 15) is 4.79 Å². The lowest BCUT2D eigenvalue weighted by molar-refractivity contribution is -0.0725. The molecule has 1 amide bonds. The molecule has 0 unspecified atom stereocenters. The van der Waals surface area contributed by atoms with Crippen LogP contribution in [-0.2, 0) is 4.74 Å². The second-order valence-corrected chi connectivity index (χ2v) is 6.84. The molecule has 2 saturated heterocycles. The highest BCUT2D eigenvalue weighted by Crippen LogP contribution is 2.22. The predicted octanol–water partition coefficient (Wildman–Crippen LogP) is 2.06. The molecule has 4 rings (SSSR count). The smallest absolute Gasteiger partial charge is 0.269 e. The van der Waals surface area contributed by atoms with Gasteiger partial charge in [-0.2, -0.15) is 5.10 Å². The Bertz CT molecular complexity index is 715. The molecule has 6 heteroatoms. The number of nitrogens with zero attached hydrogens (tertiary/aromatic N) is 2. The number of amides is 1. The van der Waals surface area contributed by atoms with Crippen LogP contribution in [0.25, 0.3) is 11.3 Å². The predicted molar refractivity (Wildman–Crippen MR) is 95.3 cm³/mol. The van der Waals surface area contributed by atoms with Gasteiger partial charge in [0.15, 0.2) is 0 Å². The highest BCUT2D eigenvalue weighted by molar-refractivity contribution is 5.93. The monoisotopic (exact) mass is 340 g/mol. The van der Waals surface area contributed by atoms with Gasteiger partial charge in [-0.25, -0.2) is 0 Å². The van der Waals surface area contributed by atoms with Crippen LogP contribution >= 0.6 is 0 Å². The average molecular weight is 340 g/mol. The van der Waals surface area contributed by atoms with Crippen molar-refractivity contribution in [2.24, 2.45) is 0 Å². The fraction of sp³-hybridized carbons (Fsp3) is 0.474. The number of ether oxygens (including phenoxy) is 1. The van der Waals surface area contributed by atoms with E-state index in [0.29, 0.717) is 18.3 Å². The van der Waals surface area contributed by atoms with Crippen molar-refractivity contribution in [3.8, 4) is 11.3 Å². The number of carbonyl (C=O) groups excluding carboxylic acids is 1. The zero-order valence-electron chi connectivity index (χ0n) is 14.3. The summed E-state index contributed by atoms with van der Waals surface area (Å²) in [5.74, 6) is -0.140. The molecule has 3 heterocycles. The van der Waals surface area contributed by atoms with E-state index < -0.39 is 0 Å². The lowest BCUT2D eigenvalue weighted by atomic mass is 10.0. The van der Waals surface area contributed by atoms with Crippen LogP contribution in [0.4, 0.5) is 0 Å². The van der Waals surface area contributed by atoms with Crippen molar-refractivity contribution in [1.29, 1.82) is 0 Å². The lowest BCUT2D eigenvalue weighted by Crippen LogP contribution is -2.54. The summed E-state index contributed by atoms with van der Waals surface area (Å²) in [6.07, 6.45) is 3.87. The van der Waals surface area contributed by atoms with Gasteiger partial charge in [0.05, 0.1) is 18.4 Å². The Morgan fingerprint density at radius 1 is 1.32 bits per heavy atom. The minimum Gasteiger partial charge on any atom is -0.373 e. The first-order chi connectivity index (χ1) is 12.3. The fourth-order valence-corrected chi connectivity index (χ4v) is 3.67. The van der Waals surface area contributed by atoms with Gasteiger partial charge in [0, 0.05) is 24.7 Å². The Hall–Kier alpha value is -2.18. The summed E-state index contributed by atoms with van der Waals surface area (Å²) in [6.45, 7) is 3.37. The average Bonchev–Trinajstić information content (AvgIpc) is 3.17. The second-order valence-electron chi connectivity index (χ2n) is 6.84. The molecule has 0 spiro atoms. The van der Waals surface area contributed by atoms with Gasteiger partial charge in [-0.3, -0.25) is 14.8 Å². The first kappa shape index (κ1) is 16.3. The van der Waals surface area contributed by atoms with Crippen molar-refractivity contribution in [3.05, 3.63) is 42.1 Å². The summed E-state index contributed by atoms with van der Waals surface area (Å²) in [4.78, 5) is 14.9. The summed E-state index contributed by atoms with van der Waals surface area (Å²) in [5, 5.41) is 10.0. The van der Waals surface area contributed by atoms with E-state index in [4.69, 9.17) is 4.74 Å². The molecule has 1 aromatic carbocycles. The van der Waals surface area contributed by atoms with Crippen LogP contribution in [-0.4, -0.2) is 59.4 Å². The molecule has 2 N–H and O–H groups in total. The van der Waals surface area contributed by atoms with Crippen molar-refractivity contribution in [2.45, 2.75) is 31.4 Å². The van der Waals surface area contributed by atoms with Crippen LogP contribution in [0, 0.1) is 0 Å². The third kappa shape index (κ3) is 3.75. The van der Waals surface area contributed by atoms with Crippen molar-refractivity contribution in [3.63, 3.8) is 0 Å². The molecule has 6 nitrogen and oxygen atoms in total. The zero-order valence-corrected chi connectivity index (χ0v) is 14.3. The summed E-state index contributed by atoms with van der Waals surface area (Å²) < 4.78 is 5.93. The molecule has 2 fully saturated rings. The van der Waals surface area contributed by atoms with E-state index in [-0.39, 0.29) is 12.0 Å². The van der Waals surface area contributed by atoms with Crippen LogP contribution in [0.3, 0.4) is 0 Å². The SMILES string of the molecule is O=C(NC[C@H]1CN2CCCC[C@@H]2CO1)c1cc(-c2ccccc2)n[nH]1. The normalized spacial score (nSPS) is 23.8. The van der Waals surface area contributed by atoms with Crippen LogP contribution in [0.15, 0.2) is 36.4 Å². The van der Waals surface area contributed by atoms with E-state index in [1.807, 2.05) is 30.3 Å². The third-order valence-electron chi connectivity index (χ3n) is 5.09. The van der Waals surface area contributed by atoms with Gasteiger partial charge in [0.2, 0.25) is 0 Å². The van der Waals surface area contributed by atoms with E-state index >= 15 is 0 Å². The number of rotatable bonds is 4. The van der Waals surface area contributed by atoms with Gasteiger partial charge in [-0.15, -0.1) is 0 Å². The molecule has 2 atom stereocenters. The zero-order chi connectivity index (χ0) is 17.1. The number of fused-ring (bicyclic) bond motifs is 1. The number of nitrogens with one attached hydrogen (secondary N) is 2. The standard InChI is InChI=1S/C19H24N4O2/c24-19(18-10-17(21-22-18)14-6-2-1-3-7-14)20-11-16-12-23-9-5-4-8-15(23)13-25-16/h1-3,6-7,10,15-16H,4-5,8-9,11-13H2,(H,20,24)(H,21,22)/t15-,16+/m1/s1. The Labute approximate surface area is 147 Å². The number of hydrogen-bond acceptors (Lipinski definition) is 4. The number of carbonyl (C=O) groups is 1. The maximum Gasteiger partial charge on any atom is 0.269 e. The summed E-state index contributed by atoms with van der Waals surface area (Å²) in [6, 6.07) is 12.2. The van der Waals surface area contributed by atoms with Gasteiger partial charge in [0.1, 0.15) is 5.69 Å². The minimum absolute atomic E-state index is 0.0646. The van der Waals surface area contributed by atoms with Crippen molar-refractivity contribution in [1.82, 2.24) is 20.4 Å². The summed E-state index contributed by atoms with van der Waals surface area (Å²) >= 11 is 0. The first-order valence-corrected chi connectivity index (χ1v) is 9.04. The first-order valence-electron chi connectivity index (χ1n) is 9.04. The third-order valence-corrected chi connectivity index (χ3v) is 5.09. The molecular formula is C19H24N4O2. The van der Waals surface area contributed by atoms with E-state index in [1.165, 1.54) is 19.3 Å². The van der Waals surface area contributed by atoms with Gasteiger partial charge in [-0.1, -0.05) is 36.8 Å². The maximum atomic E-state index is 12.4. The number of benzene rings is 1. The molecule has 132 valence electrons. The largest absolute Gasteiger partial charge is 0.373 e. The molecule has 2 aliphatic heterocycles. The van der Waals surface area contributed by atoms with Gasteiger partial charge in [0.25, 0.3) is 5.91 Å². The highest BCUT2D eigenvalue weighted by atomic mass is 16.5. The number of aromatic amines is 1. The van der Waals surface area contributed by atoms with Crippen molar-refractivity contribution < 1.29 is 9.53 Å². The topological polar surface area (TPSA) is 70.2 Å². The fourth-order valence-electron chi connectivity index (χ4n) is 3.67. The van der Waals surface area contributed by atoms with Gasteiger partial charge in [-0.05, 0) is 25.5 Å². The lowest BCUT2D eigenvalue weighted by Gasteiger charge is -2.42. The number of piperidine rings is 1. The van der Waals surface area contributed by atoms with Crippen LogP contribution in [0.2, 0.25) is 0 Å². The van der Waals surface area contributed by atoms with Gasteiger partial charge < -0.3 is 10.1 Å². The Morgan fingerprint density at radius 2 is 2.20 bits per heavy atom. The van der Waals surface area contributed by atoms with Crippen molar-refractivity contribution >= 4 is 5.91 Å². The van der Waals surface area contributed by atoms with Crippen molar-refractivity contribution in [2.75, 3.05) is 26.2 Å². The highest BCUT2D eigenvalue weighted by Gasteiger charge is 2.30. The Kier molecular flexibility index (Phi) is 4.81. The Morgan fingerprint density at radius 3 is 3.08 bits per heavy atom. The van der Waals surface area contributed by atoms with Crippen LogP contribution in [0.5, 0.6) is 0 Å². The second kappa shape index (κ2) is 7.37. The molecular weight excluding hydrogens is 316 g/mol. The van der Waals surface area contributed by atoms with E-state index in [2.05, 4.69) is 20.4 Å². The summed E-state index contributed by atoms with van der Waals surface area (Å²) in [5.41, 5.74) is 2.24. The van der Waals surface area contributed by atoms with Crippen LogP contribution < -0.4 is 5.32 Å². The molecule has 2 aliphatic rings. The Balaban J connectivity index is 1.31. The molecule has 1 aromatic heterocycles. The minimum atomic E-state index is -0.140. The molecule has 25 heavy (non-hydrogen) atoms. The molecule has 0 saturated carbocycles. The number of hydrogen-bond donors (Lipinski definition) is 2. The van der Waals surface area contributed by atoms with E-state index in [1.54, 1.807) is 6.07 Å². The molecule has 0 bridgehead atoms. The number of morpholine rings is 1. The van der Waals surface area contributed by atoms with Crippen LogP contribution in [0.1, 0.15) is 29.8 Å². The maximum absolute atomic E-state index is 12.4. The quantitative estimate of drug-likeness (QED) is 0.894. The number of aromatic nitrogens is 2. The van der Waals surface area contributed by atoms with E-state index in [0.717, 1.165) is 31.0 Å². The van der Waals surface area contributed by atoms with Gasteiger partial charge >= 0.3 is 0 Å². The molecule has 0 aliphatic carbocycles.